The van der Waals surface area contributed by atoms with Crippen molar-refractivity contribution in [1.82, 2.24) is 0 Å². The molecule has 0 radical (unpaired) electrons. The fourth-order valence-corrected chi connectivity index (χ4v) is 3.77. The molecule has 3 aliphatic rings. The molecular formula is C20H16O7. The summed E-state index contributed by atoms with van der Waals surface area (Å²) in [6.07, 6.45) is 0. The smallest absolute Gasteiger partial charge is 0.339 e. The Kier molecular flexibility index (Phi) is 3.43. The van der Waals surface area contributed by atoms with Gasteiger partial charge in [-0.25, -0.2) is 4.79 Å². The Bertz CT molecular complexity index is 992. The summed E-state index contributed by atoms with van der Waals surface area (Å²) in [7, 11) is 3.15. The maximum absolute atomic E-state index is 12.5. The van der Waals surface area contributed by atoms with Gasteiger partial charge in [-0.05, 0) is 12.1 Å². The lowest BCUT2D eigenvalue weighted by Crippen LogP contribution is -2.19. The van der Waals surface area contributed by atoms with Crippen molar-refractivity contribution in [2.75, 3.05) is 27.6 Å². The maximum Gasteiger partial charge on any atom is 0.339 e. The van der Waals surface area contributed by atoms with Crippen molar-refractivity contribution in [2.24, 2.45) is 0 Å². The lowest BCUT2D eigenvalue weighted by Gasteiger charge is -2.27. The summed E-state index contributed by atoms with van der Waals surface area (Å²) in [6, 6.07) is 9.20. The molecule has 5 rings (SSSR count). The van der Waals surface area contributed by atoms with Gasteiger partial charge in [-0.1, -0.05) is 12.1 Å². The van der Waals surface area contributed by atoms with Crippen LogP contribution in [0.15, 0.2) is 41.7 Å². The summed E-state index contributed by atoms with van der Waals surface area (Å²) in [6.45, 7) is 0.255. The van der Waals surface area contributed by atoms with Gasteiger partial charge in [0.1, 0.15) is 12.4 Å². The number of esters is 1. The Morgan fingerprint density at radius 1 is 0.963 bits per heavy atom. The number of carbonyl (C=O) groups is 1. The van der Waals surface area contributed by atoms with Crippen LogP contribution >= 0.6 is 0 Å². The summed E-state index contributed by atoms with van der Waals surface area (Å²) < 4.78 is 33.2. The van der Waals surface area contributed by atoms with Gasteiger partial charge in [-0.2, -0.15) is 0 Å². The maximum atomic E-state index is 12.5. The molecule has 2 aromatic rings. The first-order valence-corrected chi connectivity index (χ1v) is 8.43. The van der Waals surface area contributed by atoms with Crippen LogP contribution in [0.25, 0.3) is 0 Å². The molecule has 27 heavy (non-hydrogen) atoms. The number of ether oxygens (including phenoxy) is 6. The highest BCUT2D eigenvalue weighted by Gasteiger charge is 2.42. The van der Waals surface area contributed by atoms with E-state index in [0.29, 0.717) is 40.1 Å². The molecule has 0 bridgehead atoms. The lowest BCUT2D eigenvalue weighted by atomic mass is 9.82. The summed E-state index contributed by atoms with van der Waals surface area (Å²) in [5.74, 6) is 2.63. The molecule has 138 valence electrons. The quantitative estimate of drug-likeness (QED) is 0.772. The first kappa shape index (κ1) is 15.9. The number of hydrogen-bond acceptors (Lipinski definition) is 7. The first-order valence-electron chi connectivity index (χ1n) is 8.43. The molecule has 0 fully saturated rings. The summed E-state index contributed by atoms with van der Waals surface area (Å²) in [5.41, 5.74) is 2.03. The van der Waals surface area contributed by atoms with E-state index in [1.807, 2.05) is 24.3 Å². The van der Waals surface area contributed by atoms with E-state index in [9.17, 15) is 4.79 Å². The van der Waals surface area contributed by atoms with Gasteiger partial charge in [0.25, 0.3) is 0 Å². The van der Waals surface area contributed by atoms with Gasteiger partial charge in [-0.15, -0.1) is 0 Å². The van der Waals surface area contributed by atoms with Gasteiger partial charge in [0.05, 0.1) is 25.7 Å². The minimum Gasteiger partial charge on any atom is -0.493 e. The van der Waals surface area contributed by atoms with Crippen LogP contribution in [0.4, 0.5) is 0 Å². The van der Waals surface area contributed by atoms with Crippen LogP contribution in [0.3, 0.4) is 0 Å². The average molecular weight is 368 g/mol. The van der Waals surface area contributed by atoms with E-state index < -0.39 is 11.9 Å². The molecule has 7 nitrogen and oxygen atoms in total. The van der Waals surface area contributed by atoms with Crippen molar-refractivity contribution in [3.05, 3.63) is 52.8 Å². The van der Waals surface area contributed by atoms with Gasteiger partial charge in [0.15, 0.2) is 28.8 Å². The van der Waals surface area contributed by atoms with E-state index in [1.165, 1.54) is 0 Å². The minimum absolute atomic E-state index is 0.102. The molecule has 0 spiro atoms. The third kappa shape index (κ3) is 2.24. The molecule has 0 saturated heterocycles. The molecule has 0 saturated carbocycles. The summed E-state index contributed by atoms with van der Waals surface area (Å²) >= 11 is 0. The van der Waals surface area contributed by atoms with Crippen molar-refractivity contribution < 1.29 is 33.2 Å². The van der Waals surface area contributed by atoms with Gasteiger partial charge in [-0.3, -0.25) is 0 Å². The molecule has 0 unspecified atom stereocenters. The predicted molar refractivity (Wildman–Crippen MR) is 92.6 cm³/mol. The van der Waals surface area contributed by atoms with E-state index in [-0.39, 0.29) is 13.4 Å². The van der Waals surface area contributed by atoms with E-state index in [0.717, 1.165) is 11.1 Å². The number of hydrogen-bond donors (Lipinski definition) is 0. The van der Waals surface area contributed by atoms with E-state index in [2.05, 4.69) is 0 Å². The fraction of sp³-hybridized carbons (Fsp3) is 0.250. The number of benzene rings is 2. The molecule has 0 aromatic heterocycles. The molecule has 3 aliphatic heterocycles. The standard InChI is InChI=1S/C20H16O7/c1-22-12-5-3-4-10(19(12)23-2)17-11-6-14-15(26-9-25-14)7-13(11)27-16-8-24-20(21)18(16)17/h3-7,17H,8-9H2,1-2H3/t17-/m1/s1. The molecule has 0 N–H and O–H groups in total. The molecule has 0 amide bonds. The van der Waals surface area contributed by atoms with Gasteiger partial charge >= 0.3 is 5.97 Å². The first-order chi connectivity index (χ1) is 13.2. The Balaban J connectivity index is 1.76. The normalized spacial score (nSPS) is 19.2. The number of carbonyl (C=O) groups excluding carboxylic acids is 1. The second-order valence-electron chi connectivity index (χ2n) is 6.27. The lowest BCUT2D eigenvalue weighted by molar-refractivity contribution is -0.136. The topological polar surface area (TPSA) is 72.5 Å². The predicted octanol–water partition coefficient (Wildman–Crippen LogP) is 2.77. The zero-order chi connectivity index (χ0) is 18.5. The number of para-hydroxylation sites is 1. The van der Waals surface area contributed by atoms with E-state index in [1.54, 1.807) is 20.3 Å². The van der Waals surface area contributed by atoms with Crippen molar-refractivity contribution in [2.45, 2.75) is 5.92 Å². The third-order valence-electron chi connectivity index (χ3n) is 4.94. The Morgan fingerprint density at radius 2 is 1.78 bits per heavy atom. The van der Waals surface area contributed by atoms with E-state index in [4.69, 9.17) is 28.4 Å². The number of rotatable bonds is 3. The van der Waals surface area contributed by atoms with Gasteiger partial charge < -0.3 is 28.4 Å². The van der Waals surface area contributed by atoms with Crippen LogP contribution < -0.4 is 23.7 Å². The third-order valence-corrected chi connectivity index (χ3v) is 4.94. The van der Waals surface area contributed by atoms with Gasteiger partial charge in [0, 0.05) is 17.2 Å². The zero-order valence-corrected chi connectivity index (χ0v) is 14.7. The van der Waals surface area contributed by atoms with Crippen molar-refractivity contribution in [3.63, 3.8) is 0 Å². The Labute approximate surface area is 155 Å². The zero-order valence-electron chi connectivity index (χ0n) is 14.7. The molecule has 1 atom stereocenters. The van der Waals surface area contributed by atoms with Crippen molar-refractivity contribution in [3.8, 4) is 28.7 Å². The highest BCUT2D eigenvalue weighted by atomic mass is 16.7. The Morgan fingerprint density at radius 3 is 2.56 bits per heavy atom. The average Bonchev–Trinajstić information content (AvgIpc) is 3.30. The monoisotopic (exact) mass is 368 g/mol. The van der Waals surface area contributed by atoms with Crippen LogP contribution in [0.5, 0.6) is 28.7 Å². The summed E-state index contributed by atoms with van der Waals surface area (Å²) in [5, 5.41) is 0. The van der Waals surface area contributed by atoms with Crippen LogP contribution in [-0.2, 0) is 9.53 Å². The number of cyclic esters (lactones) is 1. The fourth-order valence-electron chi connectivity index (χ4n) is 3.77. The summed E-state index contributed by atoms with van der Waals surface area (Å²) in [4.78, 5) is 12.5. The van der Waals surface area contributed by atoms with E-state index >= 15 is 0 Å². The number of fused-ring (bicyclic) bond motifs is 2. The van der Waals surface area contributed by atoms with Crippen LogP contribution in [0.1, 0.15) is 17.0 Å². The highest BCUT2D eigenvalue weighted by molar-refractivity contribution is 5.95. The van der Waals surface area contributed by atoms with Crippen molar-refractivity contribution in [1.29, 1.82) is 0 Å². The van der Waals surface area contributed by atoms with Crippen LogP contribution in [0.2, 0.25) is 0 Å². The highest BCUT2D eigenvalue weighted by Crippen LogP contribution is 2.52. The number of methoxy groups -OCH3 is 2. The Hall–Kier alpha value is -3.35. The second-order valence-corrected chi connectivity index (χ2v) is 6.27. The van der Waals surface area contributed by atoms with Crippen LogP contribution in [-0.4, -0.2) is 33.6 Å². The van der Waals surface area contributed by atoms with Gasteiger partial charge in [0.2, 0.25) is 6.79 Å². The van der Waals surface area contributed by atoms with Crippen molar-refractivity contribution >= 4 is 5.97 Å². The van der Waals surface area contributed by atoms with Crippen LogP contribution in [0, 0.1) is 0 Å². The molecule has 2 aromatic carbocycles. The molecular weight excluding hydrogens is 352 g/mol. The second kappa shape index (κ2) is 5.84. The molecule has 0 aliphatic carbocycles. The molecule has 3 heterocycles. The largest absolute Gasteiger partial charge is 0.493 e. The SMILES string of the molecule is COc1cccc([C@H]2C3=C(COC3=O)Oc3cc4c(cc32)OCO4)c1OC. The minimum atomic E-state index is -0.432. The molecule has 7 heteroatoms.